The van der Waals surface area contributed by atoms with Crippen molar-refractivity contribution in [2.45, 2.75) is 37.4 Å². The molecule has 0 bridgehead atoms. The van der Waals surface area contributed by atoms with Crippen molar-refractivity contribution in [3.8, 4) is 5.75 Å². The van der Waals surface area contributed by atoms with Gasteiger partial charge in [0.25, 0.3) is 0 Å². The number of carbonyl (C=O) groups is 1. The number of benzene rings is 3. The molecule has 0 aliphatic heterocycles. The van der Waals surface area contributed by atoms with E-state index in [1.165, 1.54) is 30.2 Å². The van der Waals surface area contributed by atoms with Crippen LogP contribution in [0.1, 0.15) is 36.5 Å². The smallest absolute Gasteiger partial charge is 0.383 e. The molecule has 7 nitrogen and oxygen atoms in total. The van der Waals surface area contributed by atoms with Crippen molar-refractivity contribution in [3.05, 3.63) is 89.5 Å². The second-order valence-corrected chi connectivity index (χ2v) is 10.4. The van der Waals surface area contributed by atoms with Crippen LogP contribution in [0.4, 0.5) is 23.7 Å². The summed E-state index contributed by atoms with van der Waals surface area (Å²) in [5.74, 6) is 0.251. The molecule has 11 heteroatoms. The van der Waals surface area contributed by atoms with Gasteiger partial charge in [0.1, 0.15) is 10.6 Å². The SMILES string of the molecule is COCCN(Cc1cccc(OS(=O)(=O)c2cccc(C(F)(F)F)c2)c1)C(=O)Nc1ccc(C(C)C)cc1. The van der Waals surface area contributed by atoms with Crippen LogP contribution in [-0.2, 0) is 27.6 Å². The van der Waals surface area contributed by atoms with Crippen LogP contribution in [0.2, 0.25) is 0 Å². The van der Waals surface area contributed by atoms with Crippen LogP contribution in [0.25, 0.3) is 0 Å². The molecule has 0 atom stereocenters. The first-order valence-electron chi connectivity index (χ1n) is 11.7. The Kier molecular flexibility index (Phi) is 9.40. The third kappa shape index (κ3) is 7.96. The molecule has 0 saturated heterocycles. The topological polar surface area (TPSA) is 84.9 Å². The van der Waals surface area contributed by atoms with Gasteiger partial charge in [-0.2, -0.15) is 21.6 Å². The van der Waals surface area contributed by atoms with E-state index >= 15 is 0 Å². The molecule has 2 amide bonds. The number of ether oxygens (including phenoxy) is 1. The number of hydrogen-bond acceptors (Lipinski definition) is 5. The van der Waals surface area contributed by atoms with E-state index in [9.17, 15) is 26.4 Å². The first-order chi connectivity index (χ1) is 17.9. The number of alkyl halides is 3. The lowest BCUT2D eigenvalue weighted by Crippen LogP contribution is -2.36. The molecule has 0 aromatic heterocycles. The maximum absolute atomic E-state index is 13.0. The summed E-state index contributed by atoms with van der Waals surface area (Å²) >= 11 is 0. The average molecular weight is 551 g/mol. The highest BCUT2D eigenvalue weighted by Crippen LogP contribution is 2.31. The predicted octanol–water partition coefficient (Wildman–Crippen LogP) is 6.28. The van der Waals surface area contributed by atoms with Gasteiger partial charge in [-0.1, -0.05) is 44.2 Å². The minimum absolute atomic E-state index is 0.0973. The first kappa shape index (κ1) is 29.0. The summed E-state index contributed by atoms with van der Waals surface area (Å²) in [5.41, 5.74) is 1.19. The third-order valence-electron chi connectivity index (χ3n) is 5.61. The fourth-order valence-corrected chi connectivity index (χ4v) is 4.50. The van der Waals surface area contributed by atoms with Gasteiger partial charge in [-0.3, -0.25) is 0 Å². The van der Waals surface area contributed by atoms with Crippen LogP contribution >= 0.6 is 0 Å². The fraction of sp³-hybridized carbons (Fsp3) is 0.296. The molecule has 0 radical (unpaired) electrons. The summed E-state index contributed by atoms with van der Waals surface area (Å²) < 4.78 is 74.6. The molecule has 0 fully saturated rings. The van der Waals surface area contributed by atoms with Crippen LogP contribution in [0.5, 0.6) is 5.75 Å². The second-order valence-electron chi connectivity index (χ2n) is 8.83. The Labute approximate surface area is 220 Å². The zero-order valence-corrected chi connectivity index (χ0v) is 22.0. The largest absolute Gasteiger partial charge is 0.416 e. The Morgan fingerprint density at radius 1 is 1.00 bits per heavy atom. The fourth-order valence-electron chi connectivity index (χ4n) is 3.53. The van der Waals surface area contributed by atoms with Crippen molar-refractivity contribution in [1.29, 1.82) is 0 Å². The molecule has 38 heavy (non-hydrogen) atoms. The van der Waals surface area contributed by atoms with Gasteiger partial charge in [-0.25, -0.2) is 4.79 Å². The number of nitrogens with zero attached hydrogens (tertiary/aromatic N) is 1. The Morgan fingerprint density at radius 2 is 1.68 bits per heavy atom. The number of urea groups is 1. The Hall–Kier alpha value is -3.57. The minimum atomic E-state index is -4.70. The number of amides is 2. The van der Waals surface area contributed by atoms with Gasteiger partial charge in [0.2, 0.25) is 0 Å². The summed E-state index contributed by atoms with van der Waals surface area (Å²) in [7, 11) is -3.03. The lowest BCUT2D eigenvalue weighted by atomic mass is 10.0. The van der Waals surface area contributed by atoms with Gasteiger partial charge in [-0.15, -0.1) is 0 Å². The van der Waals surface area contributed by atoms with Crippen LogP contribution in [0.15, 0.2) is 77.7 Å². The van der Waals surface area contributed by atoms with Gasteiger partial charge in [0.05, 0.1) is 12.2 Å². The molecule has 1 N–H and O–H groups in total. The maximum atomic E-state index is 13.0. The highest BCUT2D eigenvalue weighted by molar-refractivity contribution is 7.87. The highest BCUT2D eigenvalue weighted by atomic mass is 32.2. The van der Waals surface area contributed by atoms with Crippen molar-refractivity contribution in [1.82, 2.24) is 4.90 Å². The summed E-state index contributed by atoms with van der Waals surface area (Å²) in [6.45, 7) is 4.76. The number of methoxy groups -OCH3 is 1. The molecule has 0 unspecified atom stereocenters. The monoisotopic (exact) mass is 550 g/mol. The third-order valence-corrected chi connectivity index (χ3v) is 6.85. The second kappa shape index (κ2) is 12.3. The van der Waals surface area contributed by atoms with E-state index in [0.717, 1.165) is 23.8 Å². The van der Waals surface area contributed by atoms with Crippen LogP contribution in [0, 0.1) is 0 Å². The van der Waals surface area contributed by atoms with E-state index in [1.54, 1.807) is 6.07 Å². The van der Waals surface area contributed by atoms with Gasteiger partial charge in [0, 0.05) is 25.9 Å². The summed E-state index contributed by atoms with van der Waals surface area (Å²) in [4.78, 5) is 13.9. The van der Waals surface area contributed by atoms with Crippen molar-refractivity contribution in [2.75, 3.05) is 25.6 Å². The molecular formula is C27H29F3N2O5S. The van der Waals surface area contributed by atoms with Gasteiger partial charge in [0.15, 0.2) is 0 Å². The predicted molar refractivity (Wildman–Crippen MR) is 138 cm³/mol. The standard InChI is InChI=1S/C27H29F3N2O5S/c1-19(2)21-10-12-23(13-11-21)31-26(33)32(14-15-36-3)18-20-6-4-8-24(16-20)37-38(34,35)25-9-5-7-22(17-25)27(28,29)30/h4-13,16-17,19H,14-15,18H2,1-3H3,(H,31,33). The number of halogens is 3. The van der Waals surface area contributed by atoms with Crippen molar-refractivity contribution < 1.29 is 35.3 Å². The molecular weight excluding hydrogens is 521 g/mol. The van der Waals surface area contributed by atoms with Crippen LogP contribution in [0.3, 0.4) is 0 Å². The van der Waals surface area contributed by atoms with Crippen molar-refractivity contribution in [2.24, 2.45) is 0 Å². The number of anilines is 1. The highest BCUT2D eigenvalue weighted by Gasteiger charge is 2.32. The molecule has 0 aliphatic carbocycles. The maximum Gasteiger partial charge on any atom is 0.416 e. The van der Waals surface area contributed by atoms with Crippen molar-refractivity contribution >= 4 is 21.8 Å². The Balaban J connectivity index is 1.75. The summed E-state index contributed by atoms with van der Waals surface area (Å²) in [6.07, 6.45) is -4.70. The van der Waals surface area contributed by atoms with E-state index in [4.69, 9.17) is 8.92 Å². The number of nitrogens with one attached hydrogen (secondary N) is 1. The van der Waals surface area contributed by atoms with Gasteiger partial charge < -0.3 is 19.1 Å². The van der Waals surface area contributed by atoms with E-state index in [0.29, 0.717) is 23.2 Å². The van der Waals surface area contributed by atoms with E-state index in [1.807, 2.05) is 24.3 Å². The average Bonchev–Trinajstić information content (AvgIpc) is 2.86. The van der Waals surface area contributed by atoms with E-state index in [2.05, 4.69) is 19.2 Å². The summed E-state index contributed by atoms with van der Waals surface area (Å²) in [6, 6.07) is 16.4. The lowest BCUT2D eigenvalue weighted by molar-refractivity contribution is -0.137. The quantitative estimate of drug-likeness (QED) is 0.301. The number of carbonyl (C=O) groups excluding carboxylic acids is 1. The number of hydrogen-bond donors (Lipinski definition) is 1. The van der Waals surface area contributed by atoms with E-state index in [-0.39, 0.29) is 31.5 Å². The lowest BCUT2D eigenvalue weighted by Gasteiger charge is -2.23. The molecule has 0 aliphatic rings. The molecule has 3 rings (SSSR count). The zero-order valence-electron chi connectivity index (χ0n) is 21.2. The minimum Gasteiger partial charge on any atom is -0.383 e. The zero-order chi connectivity index (χ0) is 27.9. The first-order valence-corrected chi connectivity index (χ1v) is 13.2. The van der Waals surface area contributed by atoms with Crippen LogP contribution < -0.4 is 9.50 Å². The molecule has 0 saturated carbocycles. The molecule has 3 aromatic rings. The Morgan fingerprint density at radius 3 is 2.32 bits per heavy atom. The van der Waals surface area contributed by atoms with Crippen molar-refractivity contribution in [3.63, 3.8) is 0 Å². The molecule has 0 heterocycles. The summed E-state index contributed by atoms with van der Waals surface area (Å²) in [5, 5.41) is 2.84. The van der Waals surface area contributed by atoms with Gasteiger partial charge >= 0.3 is 22.3 Å². The normalized spacial score (nSPS) is 11.9. The molecule has 3 aromatic carbocycles. The molecule has 0 spiro atoms. The Bertz CT molecular complexity index is 1340. The van der Waals surface area contributed by atoms with E-state index < -0.39 is 26.8 Å². The van der Waals surface area contributed by atoms with Crippen LogP contribution in [-0.4, -0.2) is 39.6 Å². The van der Waals surface area contributed by atoms with Gasteiger partial charge in [-0.05, 0) is 59.5 Å². The number of rotatable bonds is 10. The molecule has 204 valence electrons.